The molecule has 1 N–H and O–H groups in total. The van der Waals surface area contributed by atoms with Crippen molar-refractivity contribution in [3.8, 4) is 0 Å². The summed E-state index contributed by atoms with van der Waals surface area (Å²) in [6.07, 6.45) is 1.33. The first-order chi connectivity index (χ1) is 8.41. The van der Waals surface area contributed by atoms with Crippen molar-refractivity contribution >= 4 is 15.8 Å². The molecule has 0 aliphatic heterocycles. The van der Waals surface area contributed by atoms with E-state index in [1.807, 2.05) is 6.92 Å². The molecule has 1 aromatic carbocycles. The summed E-state index contributed by atoms with van der Waals surface area (Å²) in [4.78, 5) is 11.3. The molecule has 0 aliphatic carbocycles. The molecule has 0 spiro atoms. The lowest BCUT2D eigenvalue weighted by Gasteiger charge is -2.19. The van der Waals surface area contributed by atoms with Crippen LogP contribution in [0.25, 0.3) is 0 Å². The Morgan fingerprint density at radius 2 is 1.83 bits per heavy atom. The van der Waals surface area contributed by atoms with Gasteiger partial charge in [0.25, 0.3) is 0 Å². The van der Waals surface area contributed by atoms with Gasteiger partial charge in [-0.25, -0.2) is 8.42 Å². The Hall–Kier alpha value is -1.36. The molecule has 2 unspecified atom stereocenters. The van der Waals surface area contributed by atoms with Gasteiger partial charge >= 0.3 is 5.97 Å². The third-order valence-electron chi connectivity index (χ3n) is 2.91. The quantitative estimate of drug-likeness (QED) is 0.861. The highest BCUT2D eigenvalue weighted by atomic mass is 32.2. The summed E-state index contributed by atoms with van der Waals surface area (Å²) in [5, 5.41) is 7.81. The predicted octanol–water partition coefficient (Wildman–Crippen LogP) is 2.35. The molecule has 0 saturated carbocycles. The van der Waals surface area contributed by atoms with E-state index in [0.29, 0.717) is 6.42 Å². The highest BCUT2D eigenvalue weighted by Gasteiger charge is 2.37. The van der Waals surface area contributed by atoms with Crippen LogP contribution in [0, 0.1) is 5.92 Å². The van der Waals surface area contributed by atoms with Crippen LogP contribution in [0.5, 0.6) is 0 Å². The zero-order valence-corrected chi connectivity index (χ0v) is 11.4. The van der Waals surface area contributed by atoms with Crippen molar-refractivity contribution in [2.24, 2.45) is 5.92 Å². The number of carboxylic acids is 1. The molecule has 0 heterocycles. The Labute approximate surface area is 108 Å². The zero-order valence-electron chi connectivity index (χ0n) is 10.5. The van der Waals surface area contributed by atoms with Gasteiger partial charge in [0.15, 0.2) is 15.1 Å². The van der Waals surface area contributed by atoms with E-state index in [2.05, 4.69) is 0 Å². The maximum atomic E-state index is 12.3. The Morgan fingerprint density at radius 3 is 2.28 bits per heavy atom. The molecular weight excluding hydrogens is 252 g/mol. The van der Waals surface area contributed by atoms with E-state index in [-0.39, 0.29) is 4.90 Å². The number of sulfone groups is 1. The molecule has 2 atom stereocenters. The summed E-state index contributed by atoms with van der Waals surface area (Å²) in [6.45, 7) is 3.58. The highest BCUT2D eigenvalue weighted by Crippen LogP contribution is 2.24. The van der Waals surface area contributed by atoms with Crippen molar-refractivity contribution in [2.45, 2.75) is 36.8 Å². The Morgan fingerprint density at radius 1 is 1.28 bits per heavy atom. The minimum absolute atomic E-state index is 0.0698. The zero-order chi connectivity index (χ0) is 13.8. The summed E-state index contributed by atoms with van der Waals surface area (Å²) in [7, 11) is -3.82. The van der Waals surface area contributed by atoms with E-state index in [1.165, 1.54) is 12.1 Å². The summed E-state index contributed by atoms with van der Waals surface area (Å²) in [5.74, 6) is -1.68. The molecule has 1 rings (SSSR count). The van der Waals surface area contributed by atoms with Crippen molar-refractivity contribution in [3.05, 3.63) is 30.3 Å². The van der Waals surface area contributed by atoms with Gasteiger partial charge in [0.2, 0.25) is 0 Å². The fourth-order valence-corrected chi connectivity index (χ4v) is 3.89. The summed E-state index contributed by atoms with van der Waals surface area (Å²) >= 11 is 0. The SMILES string of the molecule is CCCC(C)C(C(=O)O)S(=O)(=O)c1ccccc1. The van der Waals surface area contributed by atoms with E-state index >= 15 is 0 Å². The fraction of sp³-hybridized carbons (Fsp3) is 0.462. The molecule has 4 nitrogen and oxygen atoms in total. The largest absolute Gasteiger partial charge is 0.480 e. The molecule has 1 aromatic rings. The van der Waals surface area contributed by atoms with Crippen LogP contribution in [0.1, 0.15) is 26.7 Å². The second-order valence-electron chi connectivity index (χ2n) is 4.38. The van der Waals surface area contributed by atoms with Crippen molar-refractivity contribution in [1.82, 2.24) is 0 Å². The number of hydrogen-bond donors (Lipinski definition) is 1. The lowest BCUT2D eigenvalue weighted by atomic mass is 10.0. The summed E-state index contributed by atoms with van der Waals surface area (Å²) < 4.78 is 24.6. The first-order valence-corrected chi connectivity index (χ1v) is 7.47. The number of carboxylic acid groups (broad SMARTS) is 1. The lowest BCUT2D eigenvalue weighted by Crippen LogP contribution is -2.36. The Kier molecular flexibility index (Phi) is 4.90. The van der Waals surface area contributed by atoms with Crippen LogP contribution < -0.4 is 0 Å². The average molecular weight is 270 g/mol. The van der Waals surface area contributed by atoms with Gasteiger partial charge in [-0.15, -0.1) is 0 Å². The molecule has 0 aliphatic rings. The van der Waals surface area contributed by atoms with Gasteiger partial charge in [0, 0.05) is 0 Å². The van der Waals surface area contributed by atoms with Gasteiger partial charge in [-0.05, 0) is 24.5 Å². The van der Waals surface area contributed by atoms with Crippen molar-refractivity contribution < 1.29 is 18.3 Å². The van der Waals surface area contributed by atoms with Gasteiger partial charge in [-0.3, -0.25) is 4.79 Å². The van der Waals surface area contributed by atoms with Crippen LogP contribution in [-0.2, 0) is 14.6 Å². The van der Waals surface area contributed by atoms with Crippen molar-refractivity contribution in [1.29, 1.82) is 0 Å². The molecule has 0 bridgehead atoms. The Bertz CT molecular complexity index is 493. The lowest BCUT2D eigenvalue weighted by molar-refractivity contribution is -0.137. The third-order valence-corrected chi connectivity index (χ3v) is 5.17. The molecule has 0 saturated heterocycles. The molecule has 100 valence electrons. The van der Waals surface area contributed by atoms with Crippen LogP contribution in [0.15, 0.2) is 35.2 Å². The number of carbonyl (C=O) groups is 1. The van der Waals surface area contributed by atoms with Crippen LogP contribution in [-0.4, -0.2) is 24.7 Å². The van der Waals surface area contributed by atoms with Crippen molar-refractivity contribution in [2.75, 3.05) is 0 Å². The van der Waals surface area contributed by atoms with Gasteiger partial charge in [-0.2, -0.15) is 0 Å². The number of aliphatic carboxylic acids is 1. The molecule has 0 radical (unpaired) electrons. The topological polar surface area (TPSA) is 71.4 Å². The van der Waals surface area contributed by atoms with E-state index in [0.717, 1.165) is 6.42 Å². The normalized spacial score (nSPS) is 15.0. The smallest absolute Gasteiger partial charge is 0.322 e. The average Bonchev–Trinajstić information content (AvgIpc) is 2.29. The Balaban J connectivity index is 3.18. The molecule has 5 heteroatoms. The van der Waals surface area contributed by atoms with Gasteiger partial charge in [0.1, 0.15) is 0 Å². The van der Waals surface area contributed by atoms with E-state index in [9.17, 15) is 18.3 Å². The maximum Gasteiger partial charge on any atom is 0.322 e. The number of rotatable bonds is 6. The second kappa shape index (κ2) is 6.00. The van der Waals surface area contributed by atoms with Gasteiger partial charge < -0.3 is 5.11 Å². The summed E-state index contributed by atoms with van der Waals surface area (Å²) in [6, 6.07) is 7.75. The molecular formula is C13H18O4S. The minimum Gasteiger partial charge on any atom is -0.480 e. The predicted molar refractivity (Wildman–Crippen MR) is 69.1 cm³/mol. The van der Waals surface area contributed by atoms with Crippen LogP contribution in [0.3, 0.4) is 0 Å². The third kappa shape index (κ3) is 3.10. The van der Waals surface area contributed by atoms with E-state index < -0.39 is 27.0 Å². The van der Waals surface area contributed by atoms with Gasteiger partial charge in [-0.1, -0.05) is 38.5 Å². The maximum absolute atomic E-state index is 12.3. The fourth-order valence-electron chi connectivity index (χ4n) is 2.05. The standard InChI is InChI=1S/C13H18O4S/c1-3-7-10(2)12(13(14)15)18(16,17)11-8-5-4-6-9-11/h4-6,8-10,12H,3,7H2,1-2H3,(H,14,15). The summed E-state index contributed by atoms with van der Waals surface area (Å²) in [5.41, 5.74) is 0. The van der Waals surface area contributed by atoms with E-state index in [1.54, 1.807) is 25.1 Å². The molecule has 0 aromatic heterocycles. The molecule has 18 heavy (non-hydrogen) atoms. The first kappa shape index (κ1) is 14.7. The first-order valence-electron chi connectivity index (χ1n) is 5.93. The van der Waals surface area contributed by atoms with Gasteiger partial charge in [0.05, 0.1) is 4.90 Å². The second-order valence-corrected chi connectivity index (χ2v) is 6.45. The van der Waals surface area contributed by atoms with Crippen LogP contribution in [0.2, 0.25) is 0 Å². The van der Waals surface area contributed by atoms with Crippen LogP contribution in [0.4, 0.5) is 0 Å². The van der Waals surface area contributed by atoms with E-state index in [4.69, 9.17) is 0 Å². The number of hydrogen-bond acceptors (Lipinski definition) is 3. The molecule has 0 amide bonds. The van der Waals surface area contributed by atoms with Crippen molar-refractivity contribution in [3.63, 3.8) is 0 Å². The number of benzene rings is 1. The van der Waals surface area contributed by atoms with Crippen LogP contribution >= 0.6 is 0 Å². The highest BCUT2D eigenvalue weighted by molar-refractivity contribution is 7.92. The minimum atomic E-state index is -3.82. The monoisotopic (exact) mass is 270 g/mol. The molecule has 0 fully saturated rings.